The average Bonchev–Trinajstić information content (AvgIpc) is 2.92. The van der Waals surface area contributed by atoms with E-state index in [1.165, 1.54) is 32.1 Å². The molecular weight excluding hydrogens is 194 g/mol. The van der Waals surface area contributed by atoms with Crippen molar-refractivity contribution in [2.24, 2.45) is 23.5 Å². The van der Waals surface area contributed by atoms with Crippen molar-refractivity contribution in [3.05, 3.63) is 23.3 Å². The summed E-state index contributed by atoms with van der Waals surface area (Å²) in [6.45, 7) is 4.89. The zero-order valence-corrected chi connectivity index (χ0v) is 10.7. The number of nitrogens with two attached hydrogens (primary N) is 1. The summed E-state index contributed by atoms with van der Waals surface area (Å²) in [5.74, 6) is 2.61. The van der Waals surface area contributed by atoms with E-state index in [2.05, 4.69) is 12.2 Å². The quantitative estimate of drug-likeness (QED) is 0.753. The Hall–Kier alpha value is -0.560. The van der Waals surface area contributed by atoms with Gasteiger partial charge in [0.15, 0.2) is 0 Å². The van der Waals surface area contributed by atoms with Gasteiger partial charge in [0.2, 0.25) is 0 Å². The van der Waals surface area contributed by atoms with Crippen molar-refractivity contribution in [3.63, 3.8) is 0 Å². The second-order valence-corrected chi connectivity index (χ2v) is 5.09. The van der Waals surface area contributed by atoms with Gasteiger partial charge in [-0.25, -0.2) is 0 Å². The van der Waals surface area contributed by atoms with Gasteiger partial charge in [0.25, 0.3) is 0 Å². The smallest absolute Gasteiger partial charge is 0.00430 e. The third-order valence-corrected chi connectivity index (χ3v) is 4.33. The third kappa shape index (κ3) is 1.98. The van der Waals surface area contributed by atoms with Gasteiger partial charge in [-0.2, -0.15) is 0 Å². The van der Waals surface area contributed by atoms with Gasteiger partial charge in [-0.15, -0.1) is 0 Å². The monoisotopic (exact) mass is 219 g/mol. The lowest BCUT2D eigenvalue weighted by molar-refractivity contribution is 0.137. The lowest BCUT2D eigenvalue weighted by Crippen LogP contribution is -2.37. The first-order valence-electron chi connectivity index (χ1n) is 6.98. The fourth-order valence-corrected chi connectivity index (χ4v) is 3.42. The Balaban J connectivity index is 0.000000457. The van der Waals surface area contributed by atoms with Crippen LogP contribution in [0.25, 0.3) is 0 Å². The Morgan fingerprint density at radius 1 is 1.31 bits per heavy atom. The van der Waals surface area contributed by atoms with E-state index in [0.29, 0.717) is 0 Å². The van der Waals surface area contributed by atoms with Gasteiger partial charge in [-0.3, -0.25) is 0 Å². The molecule has 0 aromatic carbocycles. The molecule has 16 heavy (non-hydrogen) atoms. The first-order chi connectivity index (χ1) is 7.88. The molecule has 3 aliphatic rings. The molecule has 0 aliphatic heterocycles. The Morgan fingerprint density at radius 2 is 2.12 bits per heavy atom. The zero-order chi connectivity index (χ0) is 11.5. The van der Waals surface area contributed by atoms with Gasteiger partial charge in [0.05, 0.1) is 0 Å². The first-order valence-corrected chi connectivity index (χ1v) is 6.98. The molecule has 3 unspecified atom stereocenters. The standard InChI is InChI=1S/C13H19N.C2H6/c14-8-12-6-11-5-10(7-13(11)12)9-3-1-2-4-9;1-2/h3,7,11-13H,1-2,4-6,8,14H2;1-2H3. The van der Waals surface area contributed by atoms with E-state index in [9.17, 15) is 0 Å². The van der Waals surface area contributed by atoms with E-state index in [0.717, 1.165) is 24.3 Å². The maximum Gasteiger partial charge on any atom is -0.00430 e. The summed E-state index contributed by atoms with van der Waals surface area (Å²) in [7, 11) is 0. The van der Waals surface area contributed by atoms with Crippen molar-refractivity contribution < 1.29 is 0 Å². The van der Waals surface area contributed by atoms with Gasteiger partial charge in [0.1, 0.15) is 0 Å². The number of allylic oxidation sites excluding steroid dienone is 4. The van der Waals surface area contributed by atoms with Crippen LogP contribution in [0.2, 0.25) is 0 Å². The van der Waals surface area contributed by atoms with Crippen molar-refractivity contribution in [1.29, 1.82) is 0 Å². The topological polar surface area (TPSA) is 26.0 Å². The van der Waals surface area contributed by atoms with E-state index in [-0.39, 0.29) is 0 Å². The summed E-state index contributed by atoms with van der Waals surface area (Å²) < 4.78 is 0. The lowest BCUT2D eigenvalue weighted by Gasteiger charge is -2.39. The van der Waals surface area contributed by atoms with E-state index < -0.39 is 0 Å². The summed E-state index contributed by atoms with van der Waals surface area (Å²) in [5, 5.41) is 0. The van der Waals surface area contributed by atoms with Crippen LogP contribution in [0.5, 0.6) is 0 Å². The second-order valence-electron chi connectivity index (χ2n) is 5.09. The largest absolute Gasteiger partial charge is 0.330 e. The molecule has 3 atom stereocenters. The van der Waals surface area contributed by atoms with Gasteiger partial charge >= 0.3 is 0 Å². The van der Waals surface area contributed by atoms with Crippen LogP contribution in [0.3, 0.4) is 0 Å². The lowest BCUT2D eigenvalue weighted by atomic mass is 9.66. The Labute approximate surface area is 99.8 Å². The van der Waals surface area contributed by atoms with Crippen LogP contribution in [-0.2, 0) is 0 Å². The van der Waals surface area contributed by atoms with E-state index in [1.54, 1.807) is 11.1 Å². The summed E-state index contributed by atoms with van der Waals surface area (Å²) >= 11 is 0. The molecule has 3 rings (SSSR count). The second kappa shape index (κ2) is 5.18. The molecule has 1 saturated carbocycles. The molecule has 0 bridgehead atoms. The highest BCUT2D eigenvalue weighted by Crippen LogP contribution is 2.51. The Bertz CT molecular complexity index is 301. The van der Waals surface area contributed by atoms with Crippen molar-refractivity contribution in [1.82, 2.24) is 0 Å². The van der Waals surface area contributed by atoms with Gasteiger partial charge in [0, 0.05) is 0 Å². The van der Waals surface area contributed by atoms with Crippen LogP contribution in [0.1, 0.15) is 46.0 Å². The van der Waals surface area contributed by atoms with Crippen LogP contribution in [0, 0.1) is 17.8 Å². The van der Waals surface area contributed by atoms with E-state index in [4.69, 9.17) is 5.73 Å². The highest BCUT2D eigenvalue weighted by atomic mass is 14.6. The third-order valence-electron chi connectivity index (χ3n) is 4.33. The summed E-state index contributed by atoms with van der Waals surface area (Å²) in [4.78, 5) is 0. The minimum absolute atomic E-state index is 0.805. The van der Waals surface area contributed by atoms with Crippen LogP contribution < -0.4 is 5.73 Å². The molecule has 1 heteroatoms. The fraction of sp³-hybridized carbons (Fsp3) is 0.733. The summed E-state index contributed by atoms with van der Waals surface area (Å²) in [6.07, 6.45) is 11.8. The van der Waals surface area contributed by atoms with Gasteiger partial charge in [-0.1, -0.05) is 26.0 Å². The van der Waals surface area contributed by atoms with Crippen molar-refractivity contribution >= 4 is 0 Å². The molecule has 0 spiro atoms. The van der Waals surface area contributed by atoms with E-state index in [1.807, 2.05) is 13.8 Å². The Morgan fingerprint density at radius 3 is 2.75 bits per heavy atom. The van der Waals surface area contributed by atoms with Gasteiger partial charge < -0.3 is 5.73 Å². The molecule has 0 radical (unpaired) electrons. The molecule has 0 saturated heterocycles. The van der Waals surface area contributed by atoms with Gasteiger partial charge in [-0.05, 0) is 67.5 Å². The zero-order valence-electron chi connectivity index (χ0n) is 10.7. The molecule has 0 amide bonds. The molecule has 2 N–H and O–H groups in total. The minimum Gasteiger partial charge on any atom is -0.330 e. The number of rotatable bonds is 2. The summed E-state index contributed by atoms with van der Waals surface area (Å²) in [6, 6.07) is 0. The fourth-order valence-electron chi connectivity index (χ4n) is 3.42. The normalized spacial score (nSPS) is 35.6. The Kier molecular flexibility index (Phi) is 3.86. The number of hydrogen-bond donors (Lipinski definition) is 1. The maximum absolute atomic E-state index is 5.74. The predicted octanol–water partition coefficient (Wildman–Crippen LogP) is 3.66. The highest BCUT2D eigenvalue weighted by molar-refractivity contribution is 5.38. The van der Waals surface area contributed by atoms with Crippen LogP contribution in [0.4, 0.5) is 0 Å². The molecule has 0 aromatic rings. The first kappa shape index (κ1) is 11.9. The van der Waals surface area contributed by atoms with Crippen molar-refractivity contribution in [2.75, 3.05) is 6.54 Å². The SMILES string of the molecule is CC.NCC1CC2CC(C3=CCCC3)=CC12. The van der Waals surface area contributed by atoms with Crippen LogP contribution in [-0.4, -0.2) is 6.54 Å². The molecular formula is C15H25N. The predicted molar refractivity (Wildman–Crippen MR) is 70.1 cm³/mol. The van der Waals surface area contributed by atoms with Crippen LogP contribution >= 0.6 is 0 Å². The summed E-state index contributed by atoms with van der Waals surface area (Å²) in [5.41, 5.74) is 9.08. The van der Waals surface area contributed by atoms with E-state index >= 15 is 0 Å². The molecule has 0 heterocycles. The van der Waals surface area contributed by atoms with Crippen LogP contribution in [0.15, 0.2) is 23.3 Å². The van der Waals surface area contributed by atoms with Crippen molar-refractivity contribution in [2.45, 2.75) is 46.0 Å². The maximum atomic E-state index is 5.74. The molecule has 0 aromatic heterocycles. The molecule has 1 fully saturated rings. The highest BCUT2D eigenvalue weighted by Gasteiger charge is 2.42. The molecule has 3 aliphatic carbocycles. The number of fused-ring (bicyclic) bond motifs is 1. The minimum atomic E-state index is 0.805. The molecule has 90 valence electrons. The number of hydrogen-bond acceptors (Lipinski definition) is 1. The average molecular weight is 219 g/mol. The van der Waals surface area contributed by atoms with Crippen molar-refractivity contribution in [3.8, 4) is 0 Å². The molecule has 1 nitrogen and oxygen atoms in total.